The third kappa shape index (κ3) is 3.03. The van der Waals surface area contributed by atoms with E-state index in [1.807, 2.05) is 18.2 Å². The van der Waals surface area contributed by atoms with E-state index in [9.17, 15) is 0 Å². The molecule has 28 heavy (non-hydrogen) atoms. The highest BCUT2D eigenvalue weighted by Gasteiger charge is 2.22. The molecule has 0 fully saturated rings. The zero-order valence-electron chi connectivity index (χ0n) is 17.1. The molecule has 140 valence electrons. The molecule has 3 aromatic carbocycles. The van der Waals surface area contributed by atoms with Crippen LogP contribution in [0.4, 0.5) is 0 Å². The Morgan fingerprint density at radius 1 is 0.607 bits per heavy atom. The molecule has 0 radical (unpaired) electrons. The highest BCUT2D eigenvalue weighted by atomic mass is 15.3. The summed E-state index contributed by atoms with van der Waals surface area (Å²) in [6.07, 6.45) is 0. The summed E-state index contributed by atoms with van der Waals surface area (Å²) in [6, 6.07) is 21.1. The van der Waals surface area contributed by atoms with Gasteiger partial charge in [-0.05, 0) is 56.9 Å². The highest BCUT2D eigenvalue weighted by Crippen LogP contribution is 2.34. The van der Waals surface area contributed by atoms with Gasteiger partial charge in [-0.15, -0.1) is 10.2 Å². The van der Waals surface area contributed by atoms with Gasteiger partial charge in [0, 0.05) is 11.1 Å². The molecule has 0 unspecified atom stereocenters. The molecule has 4 aromatic rings. The maximum Gasteiger partial charge on any atom is 0.169 e. The predicted molar refractivity (Wildman–Crippen MR) is 116 cm³/mol. The summed E-state index contributed by atoms with van der Waals surface area (Å²) in [5.41, 5.74) is 9.49. The fourth-order valence-corrected chi connectivity index (χ4v) is 4.12. The molecule has 1 aromatic heterocycles. The summed E-state index contributed by atoms with van der Waals surface area (Å²) in [7, 11) is 0. The smallest absolute Gasteiger partial charge is 0.169 e. The lowest BCUT2D eigenvalue weighted by atomic mass is 9.98. The first-order valence-corrected chi connectivity index (χ1v) is 9.63. The summed E-state index contributed by atoms with van der Waals surface area (Å²) in [5.74, 6) is 1.76. The van der Waals surface area contributed by atoms with E-state index in [2.05, 4.69) is 91.8 Å². The topological polar surface area (TPSA) is 30.7 Å². The first-order valence-electron chi connectivity index (χ1n) is 9.63. The minimum atomic E-state index is 0.868. The van der Waals surface area contributed by atoms with E-state index in [1.165, 1.54) is 27.8 Å². The number of hydrogen-bond acceptors (Lipinski definition) is 2. The Labute approximate surface area is 166 Å². The van der Waals surface area contributed by atoms with Crippen molar-refractivity contribution >= 4 is 0 Å². The van der Waals surface area contributed by atoms with Crippen LogP contribution >= 0.6 is 0 Å². The zero-order valence-corrected chi connectivity index (χ0v) is 17.1. The van der Waals surface area contributed by atoms with Crippen molar-refractivity contribution in [1.29, 1.82) is 0 Å². The molecule has 0 saturated carbocycles. The van der Waals surface area contributed by atoms with Crippen LogP contribution in [0.15, 0.2) is 60.7 Å². The lowest BCUT2D eigenvalue weighted by Crippen LogP contribution is -2.06. The van der Waals surface area contributed by atoms with E-state index in [0.717, 1.165) is 28.5 Å². The Kier molecular flexibility index (Phi) is 4.60. The second kappa shape index (κ2) is 7.08. The Morgan fingerprint density at radius 3 is 1.79 bits per heavy atom. The fraction of sp³-hybridized carbons (Fsp3) is 0.200. The van der Waals surface area contributed by atoms with Gasteiger partial charge in [0.25, 0.3) is 0 Å². The van der Waals surface area contributed by atoms with Crippen molar-refractivity contribution in [2.45, 2.75) is 34.6 Å². The van der Waals surface area contributed by atoms with Gasteiger partial charge in [0.05, 0.1) is 5.69 Å². The van der Waals surface area contributed by atoms with E-state index < -0.39 is 0 Å². The van der Waals surface area contributed by atoms with Crippen molar-refractivity contribution in [1.82, 2.24) is 14.8 Å². The van der Waals surface area contributed by atoms with Crippen molar-refractivity contribution in [3.8, 4) is 28.5 Å². The van der Waals surface area contributed by atoms with Crippen LogP contribution in [-0.4, -0.2) is 14.8 Å². The zero-order chi connectivity index (χ0) is 19.8. The van der Waals surface area contributed by atoms with Crippen LogP contribution in [0.1, 0.15) is 27.8 Å². The standard InChI is InChI=1S/C25H25N3/c1-16-14-19(4)22(20(5)15-16)25-27-26-24(21-12-7-6-8-13-21)28(25)23-17(2)10-9-11-18(23)3/h6-15H,1-5H3. The van der Waals surface area contributed by atoms with Crippen LogP contribution in [0.2, 0.25) is 0 Å². The second-order valence-electron chi connectivity index (χ2n) is 7.56. The largest absolute Gasteiger partial charge is 0.274 e. The van der Waals surface area contributed by atoms with Gasteiger partial charge in [-0.1, -0.05) is 66.2 Å². The molecule has 0 saturated heterocycles. The summed E-state index contributed by atoms with van der Waals surface area (Å²) in [6.45, 7) is 10.7. The molecule has 0 aliphatic rings. The normalized spacial score (nSPS) is 11.0. The lowest BCUT2D eigenvalue weighted by Gasteiger charge is -2.18. The van der Waals surface area contributed by atoms with Crippen molar-refractivity contribution in [3.05, 3.63) is 88.5 Å². The molecule has 0 bridgehead atoms. The monoisotopic (exact) mass is 367 g/mol. The van der Waals surface area contributed by atoms with E-state index in [4.69, 9.17) is 0 Å². The summed E-state index contributed by atoms with van der Waals surface area (Å²) in [4.78, 5) is 0. The molecule has 3 nitrogen and oxygen atoms in total. The van der Waals surface area contributed by atoms with E-state index in [1.54, 1.807) is 0 Å². The van der Waals surface area contributed by atoms with Crippen LogP contribution in [0.5, 0.6) is 0 Å². The molecule has 0 atom stereocenters. The number of rotatable bonds is 3. The lowest BCUT2D eigenvalue weighted by molar-refractivity contribution is 1.03. The van der Waals surface area contributed by atoms with Crippen molar-refractivity contribution < 1.29 is 0 Å². The number of benzene rings is 3. The average molecular weight is 367 g/mol. The third-order valence-electron chi connectivity index (χ3n) is 5.26. The Balaban J connectivity index is 2.09. The molecular weight excluding hydrogens is 342 g/mol. The van der Waals surface area contributed by atoms with Gasteiger partial charge in [-0.3, -0.25) is 4.57 Å². The number of aryl methyl sites for hydroxylation is 5. The van der Waals surface area contributed by atoms with Gasteiger partial charge in [0.2, 0.25) is 0 Å². The van der Waals surface area contributed by atoms with Crippen LogP contribution < -0.4 is 0 Å². The van der Waals surface area contributed by atoms with Crippen LogP contribution in [0, 0.1) is 34.6 Å². The van der Waals surface area contributed by atoms with Gasteiger partial charge in [0.15, 0.2) is 11.6 Å². The quantitative estimate of drug-likeness (QED) is 0.435. The first-order chi connectivity index (χ1) is 13.5. The van der Waals surface area contributed by atoms with Crippen LogP contribution in [-0.2, 0) is 0 Å². The van der Waals surface area contributed by atoms with E-state index in [0.29, 0.717) is 0 Å². The maximum absolute atomic E-state index is 4.69. The van der Waals surface area contributed by atoms with Crippen molar-refractivity contribution in [2.75, 3.05) is 0 Å². The molecule has 0 aliphatic heterocycles. The number of hydrogen-bond donors (Lipinski definition) is 0. The van der Waals surface area contributed by atoms with Gasteiger partial charge < -0.3 is 0 Å². The molecule has 1 heterocycles. The Hall–Kier alpha value is -3.20. The van der Waals surface area contributed by atoms with Crippen LogP contribution in [0.3, 0.4) is 0 Å². The number of para-hydroxylation sites is 1. The summed E-state index contributed by atoms with van der Waals surface area (Å²) >= 11 is 0. The highest BCUT2D eigenvalue weighted by molar-refractivity contribution is 5.72. The predicted octanol–water partition coefficient (Wildman–Crippen LogP) is 6.14. The number of nitrogens with zero attached hydrogens (tertiary/aromatic N) is 3. The van der Waals surface area contributed by atoms with Crippen molar-refractivity contribution in [2.24, 2.45) is 0 Å². The molecular formula is C25H25N3. The summed E-state index contributed by atoms with van der Waals surface area (Å²) < 4.78 is 2.23. The molecule has 0 N–H and O–H groups in total. The van der Waals surface area contributed by atoms with Crippen molar-refractivity contribution in [3.63, 3.8) is 0 Å². The van der Waals surface area contributed by atoms with Gasteiger partial charge in [-0.2, -0.15) is 0 Å². The summed E-state index contributed by atoms with van der Waals surface area (Å²) in [5, 5.41) is 9.32. The Morgan fingerprint density at radius 2 is 1.18 bits per heavy atom. The molecule has 4 rings (SSSR count). The molecule has 0 amide bonds. The first kappa shape index (κ1) is 18.2. The Bertz CT molecular complexity index is 1110. The minimum Gasteiger partial charge on any atom is -0.274 e. The van der Waals surface area contributed by atoms with Gasteiger partial charge >= 0.3 is 0 Å². The van der Waals surface area contributed by atoms with Gasteiger partial charge in [0.1, 0.15) is 0 Å². The van der Waals surface area contributed by atoms with Crippen LogP contribution in [0.25, 0.3) is 28.5 Å². The maximum atomic E-state index is 4.69. The fourth-order valence-electron chi connectivity index (χ4n) is 4.12. The SMILES string of the molecule is Cc1cc(C)c(-c2nnc(-c3ccccc3)n2-c2c(C)cccc2C)c(C)c1. The van der Waals surface area contributed by atoms with E-state index in [-0.39, 0.29) is 0 Å². The molecule has 3 heteroatoms. The van der Waals surface area contributed by atoms with E-state index >= 15 is 0 Å². The third-order valence-corrected chi connectivity index (χ3v) is 5.26. The van der Waals surface area contributed by atoms with Gasteiger partial charge in [-0.25, -0.2) is 0 Å². The minimum absolute atomic E-state index is 0.868. The molecule has 0 spiro atoms. The number of aromatic nitrogens is 3. The molecule has 0 aliphatic carbocycles. The average Bonchev–Trinajstić information content (AvgIpc) is 3.06. The second-order valence-corrected chi connectivity index (χ2v) is 7.56.